The van der Waals surface area contributed by atoms with Gasteiger partial charge in [-0.3, -0.25) is 4.79 Å². The molecule has 4 rings (SSSR count). The van der Waals surface area contributed by atoms with E-state index in [0.717, 1.165) is 27.8 Å². The Balaban J connectivity index is 1.64. The van der Waals surface area contributed by atoms with E-state index in [1.807, 2.05) is 84.9 Å². The van der Waals surface area contributed by atoms with Crippen LogP contribution in [0.3, 0.4) is 0 Å². The Bertz CT molecular complexity index is 1160. The number of ketones is 1. The van der Waals surface area contributed by atoms with Crippen molar-refractivity contribution in [2.45, 2.75) is 0 Å². The lowest BCUT2D eigenvalue weighted by Crippen LogP contribution is -1.95. The van der Waals surface area contributed by atoms with Crippen LogP contribution in [-0.4, -0.2) is 5.78 Å². The highest BCUT2D eigenvalue weighted by Gasteiger charge is 2.08. The summed E-state index contributed by atoms with van der Waals surface area (Å²) in [6.07, 6.45) is 3.48. The van der Waals surface area contributed by atoms with Crippen LogP contribution in [-0.2, 0) is 0 Å². The fourth-order valence-corrected chi connectivity index (χ4v) is 3.55. The first-order chi connectivity index (χ1) is 14.2. The van der Waals surface area contributed by atoms with Crippen molar-refractivity contribution in [3.8, 4) is 22.3 Å². The van der Waals surface area contributed by atoms with Gasteiger partial charge in [-0.05, 0) is 52.1 Å². The van der Waals surface area contributed by atoms with Crippen LogP contribution in [0.15, 0.2) is 109 Å². The molecule has 0 fully saturated rings. The average Bonchev–Trinajstić information content (AvgIpc) is 2.78. The van der Waals surface area contributed by atoms with Crippen molar-refractivity contribution < 1.29 is 4.79 Å². The average molecular weight is 395 g/mol. The molecule has 2 heteroatoms. The summed E-state index contributed by atoms with van der Waals surface area (Å²) in [5, 5.41) is 0.549. The number of hydrogen-bond donors (Lipinski definition) is 0. The minimum Gasteiger partial charge on any atom is -0.289 e. The van der Waals surface area contributed by atoms with E-state index in [9.17, 15) is 4.79 Å². The lowest BCUT2D eigenvalue weighted by molar-refractivity contribution is 0.104. The van der Waals surface area contributed by atoms with Crippen molar-refractivity contribution in [2.24, 2.45) is 0 Å². The van der Waals surface area contributed by atoms with Crippen LogP contribution in [0.2, 0.25) is 5.02 Å². The zero-order valence-electron chi connectivity index (χ0n) is 15.8. The van der Waals surface area contributed by atoms with Crippen LogP contribution in [0, 0.1) is 0 Å². The van der Waals surface area contributed by atoms with E-state index < -0.39 is 0 Å². The molecule has 0 heterocycles. The van der Waals surface area contributed by atoms with E-state index >= 15 is 0 Å². The summed E-state index contributed by atoms with van der Waals surface area (Å²) in [7, 11) is 0. The molecule has 0 N–H and O–H groups in total. The number of carbonyl (C=O) groups excluding carboxylic acids is 1. The molecule has 0 spiro atoms. The minimum absolute atomic E-state index is 0.0763. The van der Waals surface area contributed by atoms with Crippen molar-refractivity contribution >= 4 is 23.5 Å². The maximum atomic E-state index is 12.9. The highest BCUT2D eigenvalue weighted by atomic mass is 35.5. The number of benzene rings is 4. The molecule has 0 aromatic heterocycles. The molecule has 0 unspecified atom stereocenters. The topological polar surface area (TPSA) is 17.1 Å². The molecule has 1 nitrogen and oxygen atoms in total. The summed E-state index contributed by atoms with van der Waals surface area (Å²) >= 11 is 6.29. The summed E-state index contributed by atoms with van der Waals surface area (Å²) in [5.74, 6) is -0.0763. The van der Waals surface area contributed by atoms with E-state index in [0.29, 0.717) is 10.6 Å². The highest BCUT2D eigenvalue weighted by Crippen LogP contribution is 2.27. The Morgan fingerprint density at radius 2 is 1.28 bits per heavy atom. The number of rotatable bonds is 5. The number of halogens is 1. The third-order valence-corrected chi connectivity index (χ3v) is 4.97. The fraction of sp³-hybridized carbons (Fsp3) is 0. The first-order valence-corrected chi connectivity index (χ1v) is 9.81. The molecule has 0 aliphatic carbocycles. The lowest BCUT2D eigenvalue weighted by atomic mass is 9.98. The summed E-state index contributed by atoms with van der Waals surface area (Å²) in [4.78, 5) is 12.9. The lowest BCUT2D eigenvalue weighted by Gasteiger charge is -2.07. The summed E-state index contributed by atoms with van der Waals surface area (Å²) in [6.45, 7) is 0. The van der Waals surface area contributed by atoms with Crippen LogP contribution in [0.5, 0.6) is 0 Å². The molecule has 0 radical (unpaired) electrons. The fourth-order valence-electron chi connectivity index (χ4n) is 3.31. The molecule has 0 aliphatic heterocycles. The van der Waals surface area contributed by atoms with Crippen molar-refractivity contribution in [1.82, 2.24) is 0 Å². The number of allylic oxidation sites excluding steroid dienone is 1. The minimum atomic E-state index is -0.0763. The second-order valence-corrected chi connectivity index (χ2v) is 7.18. The Labute approximate surface area is 175 Å². The van der Waals surface area contributed by atoms with Crippen LogP contribution in [0.4, 0.5) is 0 Å². The molecule has 4 aromatic rings. The van der Waals surface area contributed by atoms with E-state index in [1.54, 1.807) is 12.1 Å². The molecular weight excluding hydrogens is 376 g/mol. The molecule has 0 bridgehead atoms. The van der Waals surface area contributed by atoms with Gasteiger partial charge in [0.1, 0.15) is 0 Å². The van der Waals surface area contributed by atoms with Gasteiger partial charge in [-0.15, -0.1) is 0 Å². The Hall–Kier alpha value is -3.42. The second kappa shape index (κ2) is 8.72. The van der Waals surface area contributed by atoms with Gasteiger partial charge in [0.25, 0.3) is 0 Å². The molecule has 0 amide bonds. The van der Waals surface area contributed by atoms with Crippen LogP contribution in [0.25, 0.3) is 28.3 Å². The van der Waals surface area contributed by atoms with Crippen molar-refractivity contribution in [3.05, 3.63) is 125 Å². The Kier molecular flexibility index (Phi) is 5.69. The van der Waals surface area contributed by atoms with E-state index in [-0.39, 0.29) is 5.78 Å². The van der Waals surface area contributed by atoms with Crippen LogP contribution < -0.4 is 0 Å². The monoisotopic (exact) mass is 394 g/mol. The highest BCUT2D eigenvalue weighted by molar-refractivity contribution is 6.31. The summed E-state index contributed by atoms with van der Waals surface area (Å²) in [5.41, 5.74) is 5.74. The summed E-state index contributed by atoms with van der Waals surface area (Å²) < 4.78 is 0. The summed E-state index contributed by atoms with van der Waals surface area (Å²) in [6, 6.07) is 33.6. The van der Waals surface area contributed by atoms with Gasteiger partial charge < -0.3 is 0 Å². The first-order valence-electron chi connectivity index (χ1n) is 9.43. The van der Waals surface area contributed by atoms with Crippen molar-refractivity contribution in [3.63, 3.8) is 0 Å². The van der Waals surface area contributed by atoms with Gasteiger partial charge in [0.2, 0.25) is 0 Å². The maximum Gasteiger partial charge on any atom is 0.185 e. The predicted octanol–water partition coefficient (Wildman–Crippen LogP) is 7.57. The second-order valence-electron chi connectivity index (χ2n) is 6.75. The smallest absolute Gasteiger partial charge is 0.185 e. The molecule has 140 valence electrons. The van der Waals surface area contributed by atoms with Gasteiger partial charge in [-0.25, -0.2) is 0 Å². The molecule has 29 heavy (non-hydrogen) atoms. The molecule has 0 atom stereocenters. The SMILES string of the molecule is O=C(C=Cc1ccccc1-c1ccccc1)c1cc(Cl)cc(-c2ccccc2)c1. The Morgan fingerprint density at radius 1 is 0.655 bits per heavy atom. The van der Waals surface area contributed by atoms with E-state index in [2.05, 4.69) is 18.2 Å². The molecule has 4 aromatic carbocycles. The van der Waals surface area contributed by atoms with Gasteiger partial charge in [0.15, 0.2) is 5.78 Å². The van der Waals surface area contributed by atoms with E-state index in [1.165, 1.54) is 0 Å². The van der Waals surface area contributed by atoms with Crippen molar-refractivity contribution in [1.29, 1.82) is 0 Å². The quantitative estimate of drug-likeness (QED) is 0.252. The largest absolute Gasteiger partial charge is 0.289 e. The van der Waals surface area contributed by atoms with Gasteiger partial charge in [0.05, 0.1) is 0 Å². The van der Waals surface area contributed by atoms with Crippen LogP contribution in [0.1, 0.15) is 15.9 Å². The maximum absolute atomic E-state index is 12.9. The van der Waals surface area contributed by atoms with Gasteiger partial charge in [0, 0.05) is 10.6 Å². The molecular formula is C27H19ClO. The number of carbonyl (C=O) groups is 1. The Morgan fingerprint density at radius 3 is 2.00 bits per heavy atom. The van der Waals surface area contributed by atoms with Gasteiger partial charge in [-0.2, -0.15) is 0 Å². The number of hydrogen-bond acceptors (Lipinski definition) is 1. The third kappa shape index (κ3) is 4.53. The predicted molar refractivity (Wildman–Crippen MR) is 122 cm³/mol. The normalized spacial score (nSPS) is 10.9. The zero-order chi connectivity index (χ0) is 20.1. The molecule has 0 saturated heterocycles. The molecule has 0 saturated carbocycles. The molecule has 0 aliphatic rings. The van der Waals surface area contributed by atoms with Gasteiger partial charge >= 0.3 is 0 Å². The zero-order valence-corrected chi connectivity index (χ0v) is 16.5. The van der Waals surface area contributed by atoms with E-state index in [4.69, 9.17) is 11.6 Å². The van der Waals surface area contributed by atoms with Crippen LogP contribution >= 0.6 is 11.6 Å². The first kappa shape index (κ1) is 18.9. The van der Waals surface area contributed by atoms with Crippen molar-refractivity contribution in [2.75, 3.05) is 0 Å². The third-order valence-electron chi connectivity index (χ3n) is 4.75. The van der Waals surface area contributed by atoms with Gasteiger partial charge in [-0.1, -0.05) is 103 Å². The standard InChI is InChI=1S/C27H19ClO/c28-25-18-23(20-9-3-1-4-10-20)17-24(19-25)27(29)16-15-22-13-7-8-14-26(22)21-11-5-2-6-12-21/h1-19H.